The third kappa shape index (κ3) is 2.27. The molecule has 1 atom stereocenters. The van der Waals surface area contributed by atoms with Crippen molar-refractivity contribution in [1.29, 1.82) is 0 Å². The van der Waals surface area contributed by atoms with Crippen molar-refractivity contribution in [2.75, 3.05) is 7.11 Å². The van der Waals surface area contributed by atoms with Gasteiger partial charge in [0, 0.05) is 12.8 Å². The molecular formula is C12H14O4. The van der Waals surface area contributed by atoms with Crippen LogP contribution in [0.25, 0.3) is 0 Å². The molecule has 0 amide bonds. The molecule has 0 aromatic heterocycles. The van der Waals surface area contributed by atoms with Crippen LogP contribution in [0, 0.1) is 0 Å². The van der Waals surface area contributed by atoms with E-state index < -0.39 is 0 Å². The molecule has 0 radical (unpaired) electrons. The molecule has 86 valence electrons. The van der Waals surface area contributed by atoms with Crippen LogP contribution in [0.5, 0.6) is 11.5 Å². The van der Waals surface area contributed by atoms with Crippen molar-refractivity contribution in [3.05, 3.63) is 23.8 Å². The quantitative estimate of drug-likeness (QED) is 0.790. The molecule has 1 aromatic carbocycles. The standard InChI is InChI=1S/C12H14O4/c1-15-11-4-2-8(7-10(11)13)6-9-3-5-12(14)16-9/h2,4,7,9,13H,3,5-6H2,1H3. The van der Waals surface area contributed by atoms with Crippen molar-refractivity contribution in [1.82, 2.24) is 0 Å². The molecule has 0 saturated carbocycles. The Morgan fingerprint density at radius 1 is 1.56 bits per heavy atom. The van der Waals surface area contributed by atoms with E-state index in [1.807, 2.05) is 6.07 Å². The van der Waals surface area contributed by atoms with Crippen molar-refractivity contribution in [3.63, 3.8) is 0 Å². The number of carbonyl (C=O) groups excluding carboxylic acids is 1. The van der Waals surface area contributed by atoms with E-state index in [1.54, 1.807) is 12.1 Å². The number of aromatic hydroxyl groups is 1. The summed E-state index contributed by atoms with van der Waals surface area (Å²) in [6.07, 6.45) is 1.84. The molecule has 1 fully saturated rings. The zero-order valence-corrected chi connectivity index (χ0v) is 9.10. The number of carbonyl (C=O) groups is 1. The van der Waals surface area contributed by atoms with Gasteiger partial charge in [-0.3, -0.25) is 4.79 Å². The summed E-state index contributed by atoms with van der Waals surface area (Å²) >= 11 is 0. The number of phenolic OH excluding ortho intramolecular Hbond substituents is 1. The Morgan fingerprint density at radius 2 is 2.38 bits per heavy atom. The normalized spacial score (nSPS) is 19.6. The number of methoxy groups -OCH3 is 1. The SMILES string of the molecule is COc1ccc(CC2CCC(=O)O2)cc1O. The summed E-state index contributed by atoms with van der Waals surface area (Å²) in [7, 11) is 1.51. The second-order valence-electron chi connectivity index (χ2n) is 3.86. The highest BCUT2D eigenvalue weighted by Crippen LogP contribution is 2.28. The van der Waals surface area contributed by atoms with Gasteiger partial charge in [0.1, 0.15) is 6.10 Å². The van der Waals surface area contributed by atoms with Crippen LogP contribution in [0.4, 0.5) is 0 Å². The molecule has 1 saturated heterocycles. The predicted octanol–water partition coefficient (Wildman–Crippen LogP) is 1.65. The lowest BCUT2D eigenvalue weighted by Gasteiger charge is -2.10. The van der Waals surface area contributed by atoms with E-state index in [2.05, 4.69) is 0 Å². The summed E-state index contributed by atoms with van der Waals surface area (Å²) in [4.78, 5) is 10.9. The van der Waals surface area contributed by atoms with Crippen LogP contribution in [0.1, 0.15) is 18.4 Å². The number of ether oxygens (including phenoxy) is 2. The fourth-order valence-electron chi connectivity index (χ4n) is 1.85. The van der Waals surface area contributed by atoms with E-state index in [0.29, 0.717) is 18.6 Å². The molecule has 1 aliphatic rings. The maximum absolute atomic E-state index is 10.9. The van der Waals surface area contributed by atoms with Crippen LogP contribution in [-0.2, 0) is 16.0 Å². The van der Waals surface area contributed by atoms with E-state index in [0.717, 1.165) is 12.0 Å². The number of rotatable bonds is 3. The minimum Gasteiger partial charge on any atom is -0.504 e. The minimum atomic E-state index is -0.136. The summed E-state index contributed by atoms with van der Waals surface area (Å²) in [5.74, 6) is 0.430. The van der Waals surface area contributed by atoms with Crippen LogP contribution < -0.4 is 4.74 Å². The monoisotopic (exact) mass is 222 g/mol. The van der Waals surface area contributed by atoms with E-state index >= 15 is 0 Å². The Balaban J connectivity index is 2.04. The summed E-state index contributed by atoms with van der Waals surface area (Å²) in [6.45, 7) is 0. The summed E-state index contributed by atoms with van der Waals surface area (Å²) in [5.41, 5.74) is 0.943. The number of benzene rings is 1. The molecule has 0 aliphatic carbocycles. The molecule has 0 bridgehead atoms. The third-order valence-electron chi connectivity index (χ3n) is 2.68. The van der Waals surface area contributed by atoms with Gasteiger partial charge in [-0.1, -0.05) is 6.07 Å². The first-order valence-electron chi connectivity index (χ1n) is 5.24. The van der Waals surface area contributed by atoms with Gasteiger partial charge in [-0.05, 0) is 24.1 Å². The topological polar surface area (TPSA) is 55.8 Å². The van der Waals surface area contributed by atoms with Crippen molar-refractivity contribution in [3.8, 4) is 11.5 Å². The first-order valence-corrected chi connectivity index (χ1v) is 5.24. The fourth-order valence-corrected chi connectivity index (χ4v) is 1.85. The zero-order valence-electron chi connectivity index (χ0n) is 9.10. The molecular weight excluding hydrogens is 208 g/mol. The van der Waals surface area contributed by atoms with Crippen LogP contribution in [-0.4, -0.2) is 24.3 Å². The zero-order chi connectivity index (χ0) is 11.5. The largest absolute Gasteiger partial charge is 0.504 e. The second kappa shape index (κ2) is 4.43. The van der Waals surface area contributed by atoms with Gasteiger partial charge >= 0.3 is 5.97 Å². The lowest BCUT2D eigenvalue weighted by Crippen LogP contribution is -2.10. The van der Waals surface area contributed by atoms with Gasteiger partial charge in [0.15, 0.2) is 11.5 Å². The summed E-state index contributed by atoms with van der Waals surface area (Å²) in [6, 6.07) is 5.22. The van der Waals surface area contributed by atoms with Crippen LogP contribution in [0.2, 0.25) is 0 Å². The molecule has 1 N–H and O–H groups in total. The molecule has 1 unspecified atom stereocenters. The average molecular weight is 222 g/mol. The Kier molecular flexibility index (Phi) is 2.99. The maximum atomic E-state index is 10.9. The number of hydrogen-bond acceptors (Lipinski definition) is 4. The fraction of sp³-hybridized carbons (Fsp3) is 0.417. The molecule has 16 heavy (non-hydrogen) atoms. The van der Waals surface area contributed by atoms with Gasteiger partial charge < -0.3 is 14.6 Å². The van der Waals surface area contributed by atoms with Crippen LogP contribution in [0.3, 0.4) is 0 Å². The van der Waals surface area contributed by atoms with Gasteiger partial charge in [0.2, 0.25) is 0 Å². The van der Waals surface area contributed by atoms with E-state index in [1.165, 1.54) is 7.11 Å². The minimum absolute atomic E-state index is 0.0553. The third-order valence-corrected chi connectivity index (χ3v) is 2.68. The second-order valence-corrected chi connectivity index (χ2v) is 3.86. The van der Waals surface area contributed by atoms with Crippen molar-refractivity contribution in [2.45, 2.75) is 25.4 Å². The summed E-state index contributed by atoms with van der Waals surface area (Å²) in [5, 5.41) is 9.58. The molecule has 1 aliphatic heterocycles. The van der Waals surface area contributed by atoms with E-state index in [9.17, 15) is 9.90 Å². The summed E-state index contributed by atoms with van der Waals surface area (Å²) < 4.78 is 10.1. The molecule has 1 heterocycles. The van der Waals surface area contributed by atoms with Gasteiger partial charge in [0.05, 0.1) is 7.11 Å². The molecule has 4 heteroatoms. The van der Waals surface area contributed by atoms with Crippen LogP contribution in [0.15, 0.2) is 18.2 Å². The lowest BCUT2D eigenvalue weighted by atomic mass is 10.1. The molecule has 4 nitrogen and oxygen atoms in total. The molecule has 1 aromatic rings. The average Bonchev–Trinajstić information content (AvgIpc) is 2.64. The maximum Gasteiger partial charge on any atom is 0.306 e. The predicted molar refractivity (Wildman–Crippen MR) is 57.5 cm³/mol. The van der Waals surface area contributed by atoms with Crippen LogP contribution >= 0.6 is 0 Å². The Morgan fingerprint density at radius 3 is 2.94 bits per heavy atom. The number of cyclic esters (lactones) is 1. The smallest absolute Gasteiger partial charge is 0.306 e. The molecule has 2 rings (SSSR count). The van der Waals surface area contributed by atoms with Gasteiger partial charge in [0.25, 0.3) is 0 Å². The number of hydrogen-bond donors (Lipinski definition) is 1. The number of phenols is 1. The Bertz CT molecular complexity index is 400. The van der Waals surface area contributed by atoms with Gasteiger partial charge in [-0.25, -0.2) is 0 Å². The van der Waals surface area contributed by atoms with Crippen molar-refractivity contribution < 1.29 is 19.4 Å². The highest BCUT2D eigenvalue weighted by Gasteiger charge is 2.23. The Hall–Kier alpha value is -1.71. The highest BCUT2D eigenvalue weighted by atomic mass is 16.5. The Labute approximate surface area is 93.8 Å². The van der Waals surface area contributed by atoms with Crippen molar-refractivity contribution in [2.24, 2.45) is 0 Å². The lowest BCUT2D eigenvalue weighted by molar-refractivity contribution is -0.141. The van der Waals surface area contributed by atoms with E-state index in [-0.39, 0.29) is 17.8 Å². The van der Waals surface area contributed by atoms with Gasteiger partial charge in [-0.15, -0.1) is 0 Å². The van der Waals surface area contributed by atoms with E-state index in [4.69, 9.17) is 9.47 Å². The first-order chi connectivity index (χ1) is 7.69. The number of esters is 1. The van der Waals surface area contributed by atoms with Crippen molar-refractivity contribution >= 4 is 5.97 Å². The molecule has 0 spiro atoms. The first kappa shape index (κ1) is 10.8. The van der Waals surface area contributed by atoms with Gasteiger partial charge in [-0.2, -0.15) is 0 Å². The highest BCUT2D eigenvalue weighted by molar-refractivity contribution is 5.71.